The first-order valence-electron chi connectivity index (χ1n) is 4.03. The van der Waals surface area contributed by atoms with E-state index in [0.29, 0.717) is 5.69 Å². The maximum Gasteiger partial charge on any atom is 0.203 e. The molecule has 0 aromatic carbocycles. The lowest BCUT2D eigenvalue weighted by Crippen LogP contribution is -2.11. The van der Waals surface area contributed by atoms with Gasteiger partial charge in [-0.3, -0.25) is 4.79 Å². The van der Waals surface area contributed by atoms with Gasteiger partial charge in [0.05, 0.1) is 5.01 Å². The minimum Gasteiger partial charge on any atom is -0.290 e. The van der Waals surface area contributed by atoms with E-state index in [0.717, 1.165) is 5.01 Å². The van der Waals surface area contributed by atoms with Crippen LogP contribution in [0.3, 0.4) is 0 Å². The number of ketones is 1. The molecule has 14 heavy (non-hydrogen) atoms. The predicted octanol–water partition coefficient (Wildman–Crippen LogP) is 0.926. The van der Waals surface area contributed by atoms with Gasteiger partial charge in [-0.05, 0) is 6.92 Å². The Morgan fingerprint density at radius 3 is 3.07 bits per heavy atom. The molecule has 0 N–H and O–H groups in total. The molecule has 0 aliphatic carbocycles. The molecule has 0 spiro atoms. The standard InChI is InChI=1S/C8H8N4OS/c1-6-11-7(3-14-6)8(13)2-12-5-9-4-10-12/h3-5H,2H2,1H3. The van der Waals surface area contributed by atoms with Crippen LogP contribution in [0.25, 0.3) is 0 Å². The van der Waals surface area contributed by atoms with E-state index in [9.17, 15) is 4.79 Å². The Morgan fingerprint density at radius 1 is 1.64 bits per heavy atom. The van der Waals surface area contributed by atoms with Crippen LogP contribution < -0.4 is 0 Å². The number of Topliss-reactive ketones (excluding diaryl/α,β-unsaturated/α-hetero) is 1. The zero-order valence-electron chi connectivity index (χ0n) is 7.54. The van der Waals surface area contributed by atoms with Gasteiger partial charge in [0.2, 0.25) is 5.78 Å². The molecular formula is C8H8N4OS. The number of carbonyl (C=O) groups excluding carboxylic acids is 1. The summed E-state index contributed by atoms with van der Waals surface area (Å²) in [6, 6.07) is 0. The fourth-order valence-corrected chi connectivity index (χ4v) is 1.65. The molecule has 0 aliphatic heterocycles. The molecule has 72 valence electrons. The van der Waals surface area contributed by atoms with Crippen LogP contribution in [-0.4, -0.2) is 25.5 Å². The molecule has 2 rings (SSSR count). The van der Waals surface area contributed by atoms with Crippen LogP contribution in [0.4, 0.5) is 0 Å². The SMILES string of the molecule is Cc1nc(C(=O)Cn2cncn2)cs1. The lowest BCUT2D eigenvalue weighted by molar-refractivity contribution is 0.0963. The van der Waals surface area contributed by atoms with E-state index in [1.54, 1.807) is 5.38 Å². The van der Waals surface area contributed by atoms with Gasteiger partial charge in [-0.2, -0.15) is 5.10 Å². The molecular weight excluding hydrogens is 200 g/mol. The van der Waals surface area contributed by atoms with Crippen molar-refractivity contribution in [1.29, 1.82) is 0 Å². The van der Waals surface area contributed by atoms with Crippen molar-refractivity contribution in [3.05, 3.63) is 28.7 Å². The molecule has 0 unspecified atom stereocenters. The maximum absolute atomic E-state index is 11.6. The fraction of sp³-hybridized carbons (Fsp3) is 0.250. The van der Waals surface area contributed by atoms with Crippen LogP contribution in [0.2, 0.25) is 0 Å². The largest absolute Gasteiger partial charge is 0.290 e. The second-order valence-electron chi connectivity index (χ2n) is 2.77. The number of hydrogen-bond acceptors (Lipinski definition) is 5. The Labute approximate surface area is 84.4 Å². The number of nitrogens with zero attached hydrogens (tertiary/aromatic N) is 4. The molecule has 6 heteroatoms. The quantitative estimate of drug-likeness (QED) is 0.704. The molecule has 0 saturated heterocycles. The maximum atomic E-state index is 11.6. The van der Waals surface area contributed by atoms with Crippen molar-refractivity contribution in [3.63, 3.8) is 0 Å². The highest BCUT2D eigenvalue weighted by molar-refractivity contribution is 7.09. The van der Waals surface area contributed by atoms with E-state index < -0.39 is 0 Å². The minimum absolute atomic E-state index is 0.0418. The number of carbonyl (C=O) groups is 1. The Balaban J connectivity index is 2.10. The third-order valence-electron chi connectivity index (χ3n) is 1.68. The Kier molecular flexibility index (Phi) is 2.36. The molecule has 0 bridgehead atoms. The summed E-state index contributed by atoms with van der Waals surface area (Å²) >= 11 is 1.47. The van der Waals surface area contributed by atoms with E-state index >= 15 is 0 Å². The zero-order chi connectivity index (χ0) is 9.97. The lowest BCUT2D eigenvalue weighted by Gasteiger charge is -1.95. The fourth-order valence-electron chi connectivity index (χ4n) is 1.03. The number of thiazole rings is 1. The van der Waals surface area contributed by atoms with Gasteiger partial charge in [0.15, 0.2) is 0 Å². The van der Waals surface area contributed by atoms with Crippen molar-refractivity contribution in [3.8, 4) is 0 Å². The van der Waals surface area contributed by atoms with Gasteiger partial charge < -0.3 is 0 Å². The molecule has 2 aromatic heterocycles. The van der Waals surface area contributed by atoms with Crippen molar-refractivity contribution in [2.75, 3.05) is 0 Å². The van der Waals surface area contributed by atoms with Crippen molar-refractivity contribution < 1.29 is 4.79 Å². The van der Waals surface area contributed by atoms with Gasteiger partial charge in [-0.15, -0.1) is 11.3 Å². The molecule has 5 nitrogen and oxygen atoms in total. The highest BCUT2D eigenvalue weighted by Gasteiger charge is 2.09. The second-order valence-corrected chi connectivity index (χ2v) is 3.83. The number of aromatic nitrogens is 4. The topological polar surface area (TPSA) is 60.7 Å². The molecule has 2 heterocycles. The van der Waals surface area contributed by atoms with Gasteiger partial charge >= 0.3 is 0 Å². The normalized spacial score (nSPS) is 10.4. The van der Waals surface area contributed by atoms with Gasteiger partial charge in [0.1, 0.15) is 24.9 Å². The molecule has 2 aromatic rings. The Bertz CT molecular complexity index is 434. The summed E-state index contributed by atoms with van der Waals surface area (Å²) in [5, 5.41) is 6.50. The summed E-state index contributed by atoms with van der Waals surface area (Å²) in [6.45, 7) is 2.07. The minimum atomic E-state index is -0.0418. The van der Waals surface area contributed by atoms with Crippen molar-refractivity contribution in [1.82, 2.24) is 19.7 Å². The van der Waals surface area contributed by atoms with Crippen LogP contribution in [0, 0.1) is 6.92 Å². The average molecular weight is 208 g/mol. The lowest BCUT2D eigenvalue weighted by atomic mass is 10.3. The Hall–Kier alpha value is -1.56. The summed E-state index contributed by atoms with van der Waals surface area (Å²) in [7, 11) is 0. The van der Waals surface area contributed by atoms with Crippen molar-refractivity contribution in [2.45, 2.75) is 13.5 Å². The molecule has 0 atom stereocenters. The molecule has 0 aliphatic rings. The highest BCUT2D eigenvalue weighted by Crippen LogP contribution is 2.08. The number of rotatable bonds is 3. The zero-order valence-corrected chi connectivity index (χ0v) is 8.36. The Morgan fingerprint density at radius 2 is 2.50 bits per heavy atom. The van der Waals surface area contributed by atoms with Crippen LogP contribution in [0.15, 0.2) is 18.0 Å². The molecule has 0 radical (unpaired) electrons. The highest BCUT2D eigenvalue weighted by atomic mass is 32.1. The van der Waals surface area contributed by atoms with E-state index in [2.05, 4.69) is 15.1 Å². The van der Waals surface area contributed by atoms with Gasteiger partial charge in [-0.25, -0.2) is 14.6 Å². The average Bonchev–Trinajstić information content (AvgIpc) is 2.75. The third-order valence-corrected chi connectivity index (χ3v) is 2.45. The first-order chi connectivity index (χ1) is 6.75. The van der Waals surface area contributed by atoms with Gasteiger partial charge in [-0.1, -0.05) is 0 Å². The van der Waals surface area contributed by atoms with E-state index in [-0.39, 0.29) is 12.3 Å². The first kappa shape index (κ1) is 9.01. The molecule has 0 amide bonds. The van der Waals surface area contributed by atoms with Crippen LogP contribution >= 0.6 is 11.3 Å². The van der Waals surface area contributed by atoms with Crippen LogP contribution in [-0.2, 0) is 6.54 Å². The smallest absolute Gasteiger partial charge is 0.203 e. The van der Waals surface area contributed by atoms with Crippen LogP contribution in [0.1, 0.15) is 15.5 Å². The van der Waals surface area contributed by atoms with Gasteiger partial charge in [0, 0.05) is 5.38 Å². The monoisotopic (exact) mass is 208 g/mol. The summed E-state index contributed by atoms with van der Waals surface area (Å²) < 4.78 is 1.48. The van der Waals surface area contributed by atoms with E-state index in [1.165, 1.54) is 28.7 Å². The van der Waals surface area contributed by atoms with Gasteiger partial charge in [0.25, 0.3) is 0 Å². The number of hydrogen-bond donors (Lipinski definition) is 0. The van der Waals surface area contributed by atoms with E-state index in [1.807, 2.05) is 6.92 Å². The number of aryl methyl sites for hydroxylation is 1. The summed E-state index contributed by atoms with van der Waals surface area (Å²) in [5.41, 5.74) is 0.503. The van der Waals surface area contributed by atoms with Crippen molar-refractivity contribution in [2.24, 2.45) is 0 Å². The predicted molar refractivity (Wildman–Crippen MR) is 51.2 cm³/mol. The summed E-state index contributed by atoms with van der Waals surface area (Å²) in [4.78, 5) is 19.4. The molecule has 0 fully saturated rings. The van der Waals surface area contributed by atoms with E-state index in [4.69, 9.17) is 0 Å². The van der Waals surface area contributed by atoms with Crippen molar-refractivity contribution >= 4 is 17.1 Å². The summed E-state index contributed by atoms with van der Waals surface area (Å²) in [5.74, 6) is -0.0418. The first-order valence-corrected chi connectivity index (χ1v) is 4.91. The molecule has 0 saturated carbocycles. The second kappa shape index (κ2) is 3.67. The summed E-state index contributed by atoms with van der Waals surface area (Å²) in [6.07, 6.45) is 2.91. The third kappa shape index (κ3) is 1.85. The van der Waals surface area contributed by atoms with Crippen LogP contribution in [0.5, 0.6) is 0 Å².